The Morgan fingerprint density at radius 1 is 1.14 bits per heavy atom. The van der Waals surface area contributed by atoms with Gasteiger partial charge in [-0.25, -0.2) is 4.39 Å². The van der Waals surface area contributed by atoms with Gasteiger partial charge in [-0.05, 0) is 48.0 Å². The van der Waals surface area contributed by atoms with Crippen LogP contribution in [0.3, 0.4) is 0 Å². The Morgan fingerprint density at radius 2 is 1.82 bits per heavy atom. The summed E-state index contributed by atoms with van der Waals surface area (Å²) in [5, 5.41) is 0.385. The van der Waals surface area contributed by atoms with E-state index < -0.39 is 0 Å². The first kappa shape index (κ1) is 16.0. The van der Waals surface area contributed by atoms with Gasteiger partial charge in [0.2, 0.25) is 0 Å². The molecule has 0 spiro atoms. The summed E-state index contributed by atoms with van der Waals surface area (Å²) in [6.07, 6.45) is 3.00. The summed E-state index contributed by atoms with van der Waals surface area (Å²) in [7, 11) is 3.00. The van der Waals surface area contributed by atoms with Gasteiger partial charge in [-0.15, -0.1) is 0 Å². The lowest BCUT2D eigenvalue weighted by Crippen LogP contribution is -1.94. The molecule has 0 atom stereocenters. The van der Waals surface area contributed by atoms with E-state index in [0.29, 0.717) is 27.6 Å². The number of carbonyl (C=O) groups is 1. The molecule has 114 valence electrons. The normalized spacial score (nSPS) is 10.7. The van der Waals surface area contributed by atoms with E-state index >= 15 is 0 Å². The van der Waals surface area contributed by atoms with E-state index in [4.69, 9.17) is 21.1 Å². The molecule has 22 heavy (non-hydrogen) atoms. The van der Waals surface area contributed by atoms with Crippen molar-refractivity contribution >= 4 is 23.5 Å². The van der Waals surface area contributed by atoms with Gasteiger partial charge in [0.1, 0.15) is 5.82 Å². The zero-order valence-corrected chi connectivity index (χ0v) is 12.9. The molecule has 0 unspecified atom stereocenters. The second kappa shape index (κ2) is 7.09. The van der Waals surface area contributed by atoms with Gasteiger partial charge < -0.3 is 9.47 Å². The van der Waals surface area contributed by atoms with Crippen molar-refractivity contribution in [1.29, 1.82) is 0 Å². The molecule has 0 aliphatic heterocycles. The van der Waals surface area contributed by atoms with Gasteiger partial charge in [-0.1, -0.05) is 17.7 Å². The van der Waals surface area contributed by atoms with Gasteiger partial charge in [-0.2, -0.15) is 0 Å². The molecule has 0 amide bonds. The van der Waals surface area contributed by atoms with Crippen LogP contribution >= 0.6 is 11.6 Å². The van der Waals surface area contributed by atoms with Crippen molar-refractivity contribution < 1.29 is 18.7 Å². The highest BCUT2D eigenvalue weighted by molar-refractivity contribution is 6.32. The van der Waals surface area contributed by atoms with E-state index in [0.717, 1.165) is 0 Å². The number of ether oxygens (including phenoxy) is 2. The van der Waals surface area contributed by atoms with Crippen molar-refractivity contribution in [2.45, 2.75) is 0 Å². The van der Waals surface area contributed by atoms with Gasteiger partial charge in [0.15, 0.2) is 17.3 Å². The number of methoxy groups -OCH3 is 2. The molecule has 0 aliphatic rings. The zero-order valence-electron chi connectivity index (χ0n) is 12.1. The smallest absolute Gasteiger partial charge is 0.185 e. The van der Waals surface area contributed by atoms with E-state index in [9.17, 15) is 9.18 Å². The number of hydrogen-bond donors (Lipinski definition) is 0. The standard InChI is InChI=1S/C17H14ClFO3/c1-21-16-10-11(9-14(18)17(16)22-2)3-8-15(20)12-4-6-13(19)7-5-12/h3-10H,1-2H3/b8-3+. The van der Waals surface area contributed by atoms with Crippen molar-refractivity contribution in [1.82, 2.24) is 0 Å². The molecular weight excluding hydrogens is 307 g/mol. The molecule has 2 aromatic rings. The lowest BCUT2D eigenvalue weighted by atomic mass is 10.1. The van der Waals surface area contributed by atoms with E-state index in [1.165, 1.54) is 44.6 Å². The molecule has 0 aromatic heterocycles. The maximum Gasteiger partial charge on any atom is 0.185 e. The van der Waals surface area contributed by atoms with Crippen LogP contribution in [-0.4, -0.2) is 20.0 Å². The lowest BCUT2D eigenvalue weighted by molar-refractivity contribution is 0.104. The summed E-state index contributed by atoms with van der Waals surface area (Å²) in [6.45, 7) is 0. The Morgan fingerprint density at radius 3 is 2.41 bits per heavy atom. The average molecular weight is 321 g/mol. The first-order valence-electron chi connectivity index (χ1n) is 6.44. The van der Waals surface area contributed by atoms with Crippen LogP contribution in [-0.2, 0) is 0 Å². The second-order valence-corrected chi connectivity index (χ2v) is 4.85. The number of carbonyl (C=O) groups excluding carboxylic acids is 1. The molecule has 5 heteroatoms. The molecular formula is C17H14ClFO3. The monoisotopic (exact) mass is 320 g/mol. The number of halogens is 2. The highest BCUT2D eigenvalue weighted by atomic mass is 35.5. The minimum atomic E-state index is -0.382. The van der Waals surface area contributed by atoms with Gasteiger partial charge in [0.25, 0.3) is 0 Å². The summed E-state index contributed by atoms with van der Waals surface area (Å²) in [4.78, 5) is 12.0. The quantitative estimate of drug-likeness (QED) is 0.605. The second-order valence-electron chi connectivity index (χ2n) is 4.44. The van der Waals surface area contributed by atoms with Crippen LogP contribution in [0.1, 0.15) is 15.9 Å². The van der Waals surface area contributed by atoms with E-state index in [1.54, 1.807) is 18.2 Å². The molecule has 0 fully saturated rings. The van der Waals surface area contributed by atoms with Crippen LogP contribution in [0.15, 0.2) is 42.5 Å². The van der Waals surface area contributed by atoms with E-state index in [1.807, 2.05) is 0 Å². The number of allylic oxidation sites excluding steroid dienone is 1. The largest absolute Gasteiger partial charge is 0.493 e. The highest BCUT2D eigenvalue weighted by Gasteiger charge is 2.10. The van der Waals surface area contributed by atoms with Crippen molar-refractivity contribution in [2.24, 2.45) is 0 Å². The first-order chi connectivity index (χ1) is 10.5. The Balaban J connectivity index is 2.24. The van der Waals surface area contributed by atoms with Gasteiger partial charge in [-0.3, -0.25) is 4.79 Å². The Bertz CT molecular complexity index is 709. The third-order valence-electron chi connectivity index (χ3n) is 3.01. The van der Waals surface area contributed by atoms with Crippen molar-refractivity contribution in [2.75, 3.05) is 14.2 Å². The Labute approximate surface area is 132 Å². The fourth-order valence-corrected chi connectivity index (χ4v) is 2.21. The number of hydrogen-bond acceptors (Lipinski definition) is 3. The summed E-state index contributed by atoms with van der Waals surface area (Å²) in [6, 6.07) is 8.73. The summed E-state index contributed by atoms with van der Waals surface area (Å²) in [5.41, 5.74) is 1.10. The third-order valence-corrected chi connectivity index (χ3v) is 3.29. The summed E-state index contributed by atoms with van der Waals surface area (Å²) in [5.74, 6) is 0.299. The fourth-order valence-electron chi connectivity index (χ4n) is 1.92. The SMILES string of the molecule is COc1cc(/C=C/C(=O)c2ccc(F)cc2)cc(Cl)c1OC. The third kappa shape index (κ3) is 3.65. The van der Waals surface area contributed by atoms with Gasteiger partial charge in [0, 0.05) is 5.56 Å². The molecule has 3 nitrogen and oxygen atoms in total. The van der Waals surface area contributed by atoms with Crippen molar-refractivity contribution in [3.8, 4) is 11.5 Å². The van der Waals surface area contributed by atoms with Crippen LogP contribution in [0.4, 0.5) is 4.39 Å². The lowest BCUT2D eigenvalue weighted by Gasteiger charge is -2.10. The minimum Gasteiger partial charge on any atom is -0.493 e. The predicted octanol–water partition coefficient (Wildman–Crippen LogP) is 4.39. The first-order valence-corrected chi connectivity index (χ1v) is 6.82. The molecule has 2 aromatic carbocycles. The fraction of sp³-hybridized carbons (Fsp3) is 0.118. The van der Waals surface area contributed by atoms with Crippen molar-refractivity contribution in [3.63, 3.8) is 0 Å². The van der Waals surface area contributed by atoms with Crippen LogP contribution < -0.4 is 9.47 Å². The minimum absolute atomic E-state index is 0.231. The number of benzene rings is 2. The van der Waals surface area contributed by atoms with Crippen LogP contribution in [0.5, 0.6) is 11.5 Å². The molecule has 2 rings (SSSR count). The molecule has 0 aliphatic carbocycles. The summed E-state index contributed by atoms with van der Waals surface area (Å²) >= 11 is 6.10. The number of ketones is 1. The Hall–Kier alpha value is -2.33. The zero-order chi connectivity index (χ0) is 16.1. The van der Waals surface area contributed by atoms with Gasteiger partial charge >= 0.3 is 0 Å². The molecule has 0 bridgehead atoms. The topological polar surface area (TPSA) is 35.5 Å². The Kier molecular flexibility index (Phi) is 5.17. The van der Waals surface area contributed by atoms with E-state index in [-0.39, 0.29) is 11.6 Å². The maximum atomic E-state index is 12.8. The molecule has 0 saturated heterocycles. The summed E-state index contributed by atoms with van der Waals surface area (Å²) < 4.78 is 23.2. The highest BCUT2D eigenvalue weighted by Crippen LogP contribution is 2.36. The van der Waals surface area contributed by atoms with Crippen molar-refractivity contribution in [3.05, 3.63) is 64.4 Å². The molecule has 0 heterocycles. The predicted molar refractivity (Wildman–Crippen MR) is 84.3 cm³/mol. The van der Waals surface area contributed by atoms with Crippen LogP contribution in [0, 0.1) is 5.82 Å². The van der Waals surface area contributed by atoms with E-state index in [2.05, 4.69) is 0 Å². The molecule has 0 saturated carbocycles. The average Bonchev–Trinajstić information content (AvgIpc) is 2.52. The number of rotatable bonds is 5. The molecule has 0 N–H and O–H groups in total. The maximum absolute atomic E-state index is 12.8. The molecule has 0 radical (unpaired) electrons. The van der Waals surface area contributed by atoms with Gasteiger partial charge in [0.05, 0.1) is 19.2 Å². The van der Waals surface area contributed by atoms with Crippen LogP contribution in [0.2, 0.25) is 5.02 Å². The van der Waals surface area contributed by atoms with Crippen LogP contribution in [0.25, 0.3) is 6.08 Å².